The molecule has 0 bridgehead atoms. The van der Waals surface area contributed by atoms with E-state index in [9.17, 15) is 4.79 Å². The van der Waals surface area contributed by atoms with Gasteiger partial charge in [0.2, 0.25) is 5.91 Å². The summed E-state index contributed by atoms with van der Waals surface area (Å²) in [5.41, 5.74) is 6.11. The third-order valence-corrected chi connectivity index (χ3v) is 4.04. The topological polar surface area (TPSA) is 64.3 Å². The number of hydrogen-bond acceptors (Lipinski definition) is 3. The zero-order valence-electron chi connectivity index (χ0n) is 10.7. The largest absolute Gasteiger partial charge is 0.368 e. The molecule has 2 rings (SSSR count). The predicted molar refractivity (Wildman–Crippen MR) is 66.5 cm³/mol. The van der Waals surface area contributed by atoms with E-state index in [0.29, 0.717) is 12.5 Å². The monoisotopic (exact) mass is 240 g/mol. The second kappa shape index (κ2) is 5.83. The Kier molecular flexibility index (Phi) is 4.40. The Morgan fingerprint density at radius 3 is 2.71 bits per heavy atom. The van der Waals surface area contributed by atoms with Crippen molar-refractivity contribution in [2.75, 3.05) is 6.61 Å². The molecule has 17 heavy (non-hydrogen) atoms. The van der Waals surface area contributed by atoms with Crippen molar-refractivity contribution < 1.29 is 9.53 Å². The van der Waals surface area contributed by atoms with Crippen LogP contribution in [0.4, 0.5) is 0 Å². The van der Waals surface area contributed by atoms with Gasteiger partial charge in [0.1, 0.15) is 6.10 Å². The molecule has 0 aromatic carbocycles. The Balaban J connectivity index is 1.88. The minimum absolute atomic E-state index is 0.0392. The standard InChI is InChI=1S/C13H24N2O2/c1-9-7-8-17-12(9)13(16)15-11-6-4-2-3-5-10(11)14/h9-12H,2-8,14H2,1H3,(H,15,16). The molecule has 2 fully saturated rings. The average Bonchev–Trinajstić information content (AvgIpc) is 2.63. The highest BCUT2D eigenvalue weighted by atomic mass is 16.5. The van der Waals surface area contributed by atoms with Crippen LogP contribution >= 0.6 is 0 Å². The number of ether oxygens (including phenoxy) is 1. The van der Waals surface area contributed by atoms with Crippen LogP contribution in [-0.4, -0.2) is 30.7 Å². The molecule has 1 aliphatic heterocycles. The number of amides is 1. The zero-order chi connectivity index (χ0) is 12.3. The van der Waals surface area contributed by atoms with E-state index in [1.54, 1.807) is 0 Å². The molecule has 1 saturated heterocycles. The lowest BCUT2D eigenvalue weighted by molar-refractivity contribution is -0.132. The van der Waals surface area contributed by atoms with Crippen molar-refractivity contribution >= 4 is 5.91 Å². The predicted octanol–water partition coefficient (Wildman–Crippen LogP) is 1.19. The van der Waals surface area contributed by atoms with Crippen LogP contribution in [0.25, 0.3) is 0 Å². The van der Waals surface area contributed by atoms with Crippen molar-refractivity contribution in [3.8, 4) is 0 Å². The third-order valence-electron chi connectivity index (χ3n) is 4.04. The number of hydrogen-bond donors (Lipinski definition) is 2. The first kappa shape index (κ1) is 12.8. The molecule has 0 radical (unpaired) electrons. The fourth-order valence-electron chi connectivity index (χ4n) is 2.81. The maximum absolute atomic E-state index is 12.1. The van der Waals surface area contributed by atoms with Gasteiger partial charge in [-0.3, -0.25) is 4.79 Å². The van der Waals surface area contributed by atoms with Crippen molar-refractivity contribution in [2.24, 2.45) is 11.7 Å². The maximum atomic E-state index is 12.1. The Labute approximate surface area is 103 Å². The van der Waals surface area contributed by atoms with E-state index < -0.39 is 0 Å². The van der Waals surface area contributed by atoms with Gasteiger partial charge in [-0.2, -0.15) is 0 Å². The molecule has 1 aliphatic carbocycles. The first-order chi connectivity index (χ1) is 8.18. The lowest BCUT2D eigenvalue weighted by atomic mass is 10.0. The number of rotatable bonds is 2. The SMILES string of the molecule is CC1CCOC1C(=O)NC1CCCCCC1N. The van der Waals surface area contributed by atoms with Gasteiger partial charge in [0, 0.05) is 18.7 Å². The van der Waals surface area contributed by atoms with Crippen molar-refractivity contribution in [1.29, 1.82) is 0 Å². The van der Waals surface area contributed by atoms with Crippen LogP contribution in [0.2, 0.25) is 0 Å². The van der Waals surface area contributed by atoms with Crippen LogP contribution in [0.15, 0.2) is 0 Å². The molecule has 0 aromatic heterocycles. The first-order valence-corrected chi connectivity index (χ1v) is 6.86. The van der Waals surface area contributed by atoms with Crippen LogP contribution in [-0.2, 0) is 9.53 Å². The second-order valence-corrected chi connectivity index (χ2v) is 5.47. The number of carbonyl (C=O) groups excluding carboxylic acids is 1. The summed E-state index contributed by atoms with van der Waals surface area (Å²) < 4.78 is 5.48. The molecule has 4 unspecified atom stereocenters. The van der Waals surface area contributed by atoms with Gasteiger partial charge in [0.25, 0.3) is 0 Å². The van der Waals surface area contributed by atoms with Gasteiger partial charge in [-0.15, -0.1) is 0 Å². The highest BCUT2D eigenvalue weighted by Crippen LogP contribution is 2.22. The van der Waals surface area contributed by atoms with Crippen molar-refractivity contribution in [1.82, 2.24) is 5.32 Å². The van der Waals surface area contributed by atoms with Crippen molar-refractivity contribution in [2.45, 2.75) is 63.6 Å². The molecule has 4 atom stereocenters. The lowest BCUT2D eigenvalue weighted by Crippen LogP contribution is -2.50. The highest BCUT2D eigenvalue weighted by Gasteiger charge is 2.33. The summed E-state index contributed by atoms with van der Waals surface area (Å²) in [6, 6.07) is 0.250. The molecule has 4 nitrogen and oxygen atoms in total. The third kappa shape index (κ3) is 3.19. The van der Waals surface area contributed by atoms with Crippen molar-refractivity contribution in [3.05, 3.63) is 0 Å². The van der Waals surface area contributed by atoms with Crippen LogP contribution in [0.5, 0.6) is 0 Å². The van der Waals surface area contributed by atoms with E-state index in [1.807, 2.05) is 0 Å². The molecule has 2 aliphatic rings. The Bertz CT molecular complexity index is 270. The summed E-state index contributed by atoms with van der Waals surface area (Å²) in [5, 5.41) is 3.09. The Hall–Kier alpha value is -0.610. The Morgan fingerprint density at radius 1 is 1.24 bits per heavy atom. The number of nitrogens with two attached hydrogens (primary N) is 1. The van der Waals surface area contributed by atoms with Gasteiger partial charge in [-0.25, -0.2) is 0 Å². The van der Waals surface area contributed by atoms with E-state index in [1.165, 1.54) is 19.3 Å². The molecule has 0 spiro atoms. The highest BCUT2D eigenvalue weighted by molar-refractivity contribution is 5.81. The molecule has 1 saturated carbocycles. The molecule has 3 N–H and O–H groups in total. The van der Waals surface area contributed by atoms with Gasteiger partial charge in [-0.1, -0.05) is 26.2 Å². The quantitative estimate of drug-likeness (QED) is 0.713. The van der Waals surface area contributed by atoms with Gasteiger partial charge in [0.15, 0.2) is 0 Å². The van der Waals surface area contributed by atoms with Gasteiger partial charge in [-0.05, 0) is 25.2 Å². The Morgan fingerprint density at radius 2 is 2.00 bits per heavy atom. The van der Waals surface area contributed by atoms with Gasteiger partial charge < -0.3 is 15.8 Å². The summed E-state index contributed by atoms with van der Waals surface area (Å²) >= 11 is 0. The molecular formula is C13H24N2O2. The summed E-state index contributed by atoms with van der Waals surface area (Å²) in [5.74, 6) is 0.370. The average molecular weight is 240 g/mol. The fraction of sp³-hybridized carbons (Fsp3) is 0.923. The van der Waals surface area contributed by atoms with Gasteiger partial charge >= 0.3 is 0 Å². The summed E-state index contributed by atoms with van der Waals surface area (Å²) in [7, 11) is 0. The molecule has 1 heterocycles. The van der Waals surface area contributed by atoms with E-state index >= 15 is 0 Å². The molecular weight excluding hydrogens is 216 g/mol. The van der Waals surface area contributed by atoms with E-state index in [4.69, 9.17) is 10.5 Å². The summed E-state index contributed by atoms with van der Waals surface area (Å²) in [6.45, 7) is 2.78. The number of nitrogens with one attached hydrogen (secondary N) is 1. The molecule has 0 aromatic rings. The van der Waals surface area contributed by atoms with Crippen LogP contribution in [0.3, 0.4) is 0 Å². The zero-order valence-corrected chi connectivity index (χ0v) is 10.7. The minimum Gasteiger partial charge on any atom is -0.368 e. The van der Waals surface area contributed by atoms with Gasteiger partial charge in [0.05, 0.1) is 0 Å². The summed E-state index contributed by atoms with van der Waals surface area (Å²) in [4.78, 5) is 12.1. The van der Waals surface area contributed by atoms with Crippen LogP contribution in [0.1, 0.15) is 45.4 Å². The first-order valence-electron chi connectivity index (χ1n) is 6.86. The van der Waals surface area contributed by atoms with Crippen molar-refractivity contribution in [3.63, 3.8) is 0 Å². The minimum atomic E-state index is -0.259. The molecule has 98 valence electrons. The van der Waals surface area contributed by atoms with E-state index in [0.717, 1.165) is 19.3 Å². The maximum Gasteiger partial charge on any atom is 0.249 e. The number of carbonyl (C=O) groups is 1. The lowest BCUT2D eigenvalue weighted by Gasteiger charge is -2.25. The fourth-order valence-corrected chi connectivity index (χ4v) is 2.81. The second-order valence-electron chi connectivity index (χ2n) is 5.47. The van der Waals surface area contributed by atoms with Crippen LogP contribution < -0.4 is 11.1 Å². The molecule has 1 amide bonds. The summed E-state index contributed by atoms with van der Waals surface area (Å²) in [6.07, 6.45) is 6.33. The van der Waals surface area contributed by atoms with Crippen LogP contribution in [0, 0.1) is 5.92 Å². The smallest absolute Gasteiger partial charge is 0.249 e. The normalized spacial score (nSPS) is 38.7. The van der Waals surface area contributed by atoms with E-state index in [2.05, 4.69) is 12.2 Å². The molecule has 4 heteroatoms. The van der Waals surface area contributed by atoms with E-state index in [-0.39, 0.29) is 24.1 Å².